The molecule has 0 aromatic heterocycles. The SMILES string of the molecule is CC(C)Cc1ccc(C(=O)c2ccc(O)cc2O)c(O)c1. The van der Waals surface area contributed by atoms with E-state index in [1.165, 1.54) is 12.1 Å². The first-order chi connectivity index (χ1) is 9.88. The standard InChI is InChI=1S/C17H18O4/c1-10(2)7-11-3-5-13(15(19)8-11)17(21)14-6-4-12(18)9-16(14)20/h3-6,8-10,18-20H,7H2,1-2H3. The van der Waals surface area contributed by atoms with Crippen LogP contribution < -0.4 is 0 Å². The molecule has 0 amide bonds. The van der Waals surface area contributed by atoms with E-state index >= 15 is 0 Å². The van der Waals surface area contributed by atoms with Crippen molar-refractivity contribution in [3.63, 3.8) is 0 Å². The van der Waals surface area contributed by atoms with E-state index in [2.05, 4.69) is 13.8 Å². The van der Waals surface area contributed by atoms with E-state index in [0.29, 0.717) is 5.92 Å². The highest BCUT2D eigenvalue weighted by atomic mass is 16.3. The molecule has 0 heterocycles. The normalized spacial score (nSPS) is 10.8. The monoisotopic (exact) mass is 286 g/mol. The van der Waals surface area contributed by atoms with Crippen LogP contribution >= 0.6 is 0 Å². The Morgan fingerprint density at radius 2 is 1.52 bits per heavy atom. The molecule has 0 aliphatic carbocycles. The lowest BCUT2D eigenvalue weighted by atomic mass is 9.97. The molecule has 2 aromatic rings. The third-order valence-electron chi connectivity index (χ3n) is 3.18. The number of phenols is 3. The molecule has 0 saturated heterocycles. The second kappa shape index (κ2) is 5.87. The fourth-order valence-corrected chi connectivity index (χ4v) is 2.22. The summed E-state index contributed by atoms with van der Waals surface area (Å²) in [5, 5.41) is 29.0. The molecular formula is C17H18O4. The number of carbonyl (C=O) groups excluding carboxylic acids is 1. The Hall–Kier alpha value is -2.49. The van der Waals surface area contributed by atoms with Crippen LogP contribution in [0.1, 0.15) is 35.3 Å². The van der Waals surface area contributed by atoms with Gasteiger partial charge in [-0.25, -0.2) is 0 Å². The highest BCUT2D eigenvalue weighted by Crippen LogP contribution is 2.29. The molecular weight excluding hydrogens is 268 g/mol. The van der Waals surface area contributed by atoms with Crippen molar-refractivity contribution in [3.05, 3.63) is 53.1 Å². The predicted octanol–water partition coefficient (Wildman–Crippen LogP) is 3.23. The van der Waals surface area contributed by atoms with Gasteiger partial charge in [0.2, 0.25) is 0 Å². The van der Waals surface area contributed by atoms with Crippen molar-refractivity contribution in [1.29, 1.82) is 0 Å². The Labute approximate surface area is 123 Å². The molecule has 0 spiro atoms. The Morgan fingerprint density at radius 3 is 2.05 bits per heavy atom. The fourth-order valence-electron chi connectivity index (χ4n) is 2.22. The quantitative estimate of drug-likeness (QED) is 0.754. The van der Waals surface area contributed by atoms with Gasteiger partial charge in [0.05, 0.1) is 11.1 Å². The van der Waals surface area contributed by atoms with Crippen LogP contribution in [0, 0.1) is 5.92 Å². The topological polar surface area (TPSA) is 77.8 Å². The number of hydrogen-bond donors (Lipinski definition) is 3. The first kappa shape index (κ1) is 14.9. The minimum absolute atomic E-state index is 0.0414. The minimum Gasteiger partial charge on any atom is -0.508 e. The van der Waals surface area contributed by atoms with E-state index in [9.17, 15) is 20.1 Å². The van der Waals surface area contributed by atoms with E-state index < -0.39 is 5.78 Å². The molecule has 4 nitrogen and oxygen atoms in total. The number of ketones is 1. The van der Waals surface area contributed by atoms with Gasteiger partial charge in [0.15, 0.2) is 5.78 Å². The average Bonchev–Trinajstić information content (AvgIpc) is 2.37. The molecule has 0 aliphatic rings. The zero-order valence-electron chi connectivity index (χ0n) is 12.0. The van der Waals surface area contributed by atoms with Gasteiger partial charge in [0.25, 0.3) is 0 Å². The predicted molar refractivity (Wildman–Crippen MR) is 79.9 cm³/mol. The summed E-state index contributed by atoms with van der Waals surface area (Å²) in [4.78, 5) is 12.3. The summed E-state index contributed by atoms with van der Waals surface area (Å²) in [6.45, 7) is 4.15. The molecule has 2 aromatic carbocycles. The van der Waals surface area contributed by atoms with Crippen molar-refractivity contribution in [3.8, 4) is 17.2 Å². The molecule has 4 heteroatoms. The van der Waals surface area contributed by atoms with E-state index in [1.54, 1.807) is 18.2 Å². The van der Waals surface area contributed by atoms with Gasteiger partial charge in [-0.1, -0.05) is 19.9 Å². The smallest absolute Gasteiger partial charge is 0.200 e. The summed E-state index contributed by atoms with van der Waals surface area (Å²) < 4.78 is 0. The van der Waals surface area contributed by atoms with Crippen LogP contribution in [-0.4, -0.2) is 21.1 Å². The number of rotatable bonds is 4. The molecule has 110 valence electrons. The van der Waals surface area contributed by atoms with Crippen LogP contribution in [0.15, 0.2) is 36.4 Å². The van der Waals surface area contributed by atoms with Crippen molar-refractivity contribution in [2.45, 2.75) is 20.3 Å². The van der Waals surface area contributed by atoms with Gasteiger partial charge in [-0.15, -0.1) is 0 Å². The number of aromatic hydroxyl groups is 3. The molecule has 2 rings (SSSR count). The van der Waals surface area contributed by atoms with Gasteiger partial charge in [0, 0.05) is 6.07 Å². The van der Waals surface area contributed by atoms with Gasteiger partial charge < -0.3 is 15.3 Å². The molecule has 0 bridgehead atoms. The highest BCUT2D eigenvalue weighted by Gasteiger charge is 2.17. The van der Waals surface area contributed by atoms with Crippen LogP contribution in [-0.2, 0) is 6.42 Å². The van der Waals surface area contributed by atoms with Crippen molar-refractivity contribution < 1.29 is 20.1 Å². The van der Waals surface area contributed by atoms with Gasteiger partial charge in [-0.05, 0) is 42.2 Å². The Balaban J connectivity index is 2.35. The summed E-state index contributed by atoms with van der Waals surface area (Å²) in [6, 6.07) is 8.67. The molecule has 0 saturated carbocycles. The molecule has 3 N–H and O–H groups in total. The van der Waals surface area contributed by atoms with Crippen LogP contribution in [0.3, 0.4) is 0 Å². The highest BCUT2D eigenvalue weighted by molar-refractivity contribution is 6.12. The second-order valence-electron chi connectivity index (χ2n) is 5.48. The molecule has 0 atom stereocenters. The summed E-state index contributed by atoms with van der Waals surface area (Å²) in [5.74, 6) is -0.579. The van der Waals surface area contributed by atoms with E-state index in [4.69, 9.17) is 0 Å². The zero-order chi connectivity index (χ0) is 15.6. The Kier molecular flexibility index (Phi) is 4.17. The first-order valence-electron chi connectivity index (χ1n) is 6.77. The average molecular weight is 286 g/mol. The summed E-state index contributed by atoms with van der Waals surface area (Å²) in [6.07, 6.45) is 0.812. The lowest BCUT2D eigenvalue weighted by molar-refractivity contribution is 0.103. The first-order valence-corrected chi connectivity index (χ1v) is 6.77. The third kappa shape index (κ3) is 3.34. The van der Waals surface area contributed by atoms with Gasteiger partial charge >= 0.3 is 0 Å². The van der Waals surface area contributed by atoms with Gasteiger partial charge in [-0.2, -0.15) is 0 Å². The molecule has 0 unspecified atom stereocenters. The van der Waals surface area contributed by atoms with Gasteiger partial charge in [-0.3, -0.25) is 4.79 Å². The van der Waals surface area contributed by atoms with Crippen LogP contribution in [0.4, 0.5) is 0 Å². The molecule has 21 heavy (non-hydrogen) atoms. The summed E-state index contributed by atoms with van der Waals surface area (Å²) in [7, 11) is 0. The molecule has 0 fully saturated rings. The van der Waals surface area contributed by atoms with Crippen molar-refractivity contribution in [2.24, 2.45) is 5.92 Å². The largest absolute Gasteiger partial charge is 0.508 e. The minimum atomic E-state index is -0.485. The summed E-state index contributed by atoms with van der Waals surface area (Å²) in [5.41, 5.74) is 1.12. The maximum atomic E-state index is 12.3. The van der Waals surface area contributed by atoms with E-state index in [0.717, 1.165) is 18.1 Å². The molecule has 0 radical (unpaired) electrons. The van der Waals surface area contributed by atoms with E-state index in [-0.39, 0.29) is 28.4 Å². The van der Waals surface area contributed by atoms with E-state index in [1.807, 2.05) is 0 Å². The van der Waals surface area contributed by atoms with Crippen molar-refractivity contribution in [2.75, 3.05) is 0 Å². The third-order valence-corrected chi connectivity index (χ3v) is 3.18. The fraction of sp³-hybridized carbons (Fsp3) is 0.235. The number of benzene rings is 2. The Bertz CT molecular complexity index is 674. The van der Waals surface area contributed by atoms with Gasteiger partial charge in [0.1, 0.15) is 17.2 Å². The molecule has 0 aliphatic heterocycles. The number of phenolic OH excluding ortho intramolecular Hbond substituents is 3. The van der Waals surface area contributed by atoms with Crippen LogP contribution in [0.25, 0.3) is 0 Å². The lowest BCUT2D eigenvalue weighted by Crippen LogP contribution is -2.03. The lowest BCUT2D eigenvalue weighted by Gasteiger charge is -2.09. The van der Waals surface area contributed by atoms with Crippen molar-refractivity contribution >= 4 is 5.78 Å². The van der Waals surface area contributed by atoms with Crippen LogP contribution in [0.2, 0.25) is 0 Å². The maximum absolute atomic E-state index is 12.3. The second-order valence-corrected chi connectivity index (χ2v) is 5.48. The number of hydrogen-bond acceptors (Lipinski definition) is 4. The van der Waals surface area contributed by atoms with Crippen molar-refractivity contribution in [1.82, 2.24) is 0 Å². The maximum Gasteiger partial charge on any atom is 0.200 e. The zero-order valence-corrected chi connectivity index (χ0v) is 12.0. The Morgan fingerprint density at radius 1 is 0.952 bits per heavy atom. The number of carbonyl (C=O) groups is 1. The van der Waals surface area contributed by atoms with Crippen LogP contribution in [0.5, 0.6) is 17.2 Å². The summed E-state index contributed by atoms with van der Waals surface area (Å²) >= 11 is 0.